The summed E-state index contributed by atoms with van der Waals surface area (Å²) in [7, 11) is 4.09. The highest BCUT2D eigenvalue weighted by molar-refractivity contribution is 5.55. The van der Waals surface area contributed by atoms with Crippen molar-refractivity contribution >= 4 is 0 Å². The van der Waals surface area contributed by atoms with Crippen LogP contribution in [0.15, 0.2) is 30.6 Å². The van der Waals surface area contributed by atoms with E-state index < -0.39 is 0 Å². The lowest BCUT2D eigenvalue weighted by Crippen LogP contribution is -2.10. The van der Waals surface area contributed by atoms with E-state index in [0.29, 0.717) is 6.54 Å². The first-order valence-corrected chi connectivity index (χ1v) is 5.93. The lowest BCUT2D eigenvalue weighted by molar-refractivity contribution is 0.270. The largest absolute Gasteiger partial charge is 0.394 e. The molecule has 2 rings (SSSR count). The van der Waals surface area contributed by atoms with Crippen LogP contribution in [0.2, 0.25) is 0 Å². The van der Waals surface area contributed by atoms with Gasteiger partial charge in [-0.2, -0.15) is 5.10 Å². The van der Waals surface area contributed by atoms with Gasteiger partial charge in [0, 0.05) is 12.1 Å². The Kier molecular flexibility index (Phi) is 4.07. The second kappa shape index (κ2) is 5.75. The number of aliphatic hydroxyl groups excluding tert-OH is 1. The van der Waals surface area contributed by atoms with Crippen LogP contribution in [-0.4, -0.2) is 45.5 Å². The van der Waals surface area contributed by atoms with Crippen LogP contribution < -0.4 is 0 Å². The molecule has 0 spiro atoms. The molecule has 0 fully saturated rings. The third-order valence-corrected chi connectivity index (χ3v) is 2.64. The summed E-state index contributed by atoms with van der Waals surface area (Å²) in [6, 6.07) is 8.26. The van der Waals surface area contributed by atoms with Crippen molar-refractivity contribution in [3.63, 3.8) is 0 Å². The van der Waals surface area contributed by atoms with Gasteiger partial charge in [0.2, 0.25) is 0 Å². The molecular weight excluding hydrogens is 228 g/mol. The van der Waals surface area contributed by atoms with Gasteiger partial charge in [0.15, 0.2) is 5.82 Å². The van der Waals surface area contributed by atoms with Crippen molar-refractivity contribution < 1.29 is 5.11 Å². The molecule has 0 saturated carbocycles. The highest BCUT2D eigenvalue weighted by Crippen LogP contribution is 2.17. The zero-order chi connectivity index (χ0) is 13.0. The van der Waals surface area contributed by atoms with E-state index in [-0.39, 0.29) is 6.61 Å². The number of nitrogens with zero attached hydrogens (tertiary/aromatic N) is 4. The molecule has 18 heavy (non-hydrogen) atoms. The lowest BCUT2D eigenvalue weighted by Gasteiger charge is -2.10. The average molecular weight is 246 g/mol. The van der Waals surface area contributed by atoms with E-state index in [1.807, 2.05) is 26.2 Å². The van der Waals surface area contributed by atoms with Gasteiger partial charge in [-0.15, -0.1) is 0 Å². The molecular formula is C13H18N4O. The Hall–Kier alpha value is -1.72. The van der Waals surface area contributed by atoms with Crippen LogP contribution in [0.3, 0.4) is 0 Å². The fraction of sp³-hybridized carbons (Fsp3) is 0.385. The summed E-state index contributed by atoms with van der Waals surface area (Å²) < 4.78 is 1.71. The predicted molar refractivity (Wildman–Crippen MR) is 69.9 cm³/mol. The summed E-state index contributed by atoms with van der Waals surface area (Å²) in [4.78, 5) is 6.35. The molecule has 0 bridgehead atoms. The van der Waals surface area contributed by atoms with Gasteiger partial charge < -0.3 is 10.0 Å². The monoisotopic (exact) mass is 246 g/mol. The molecule has 1 heterocycles. The van der Waals surface area contributed by atoms with Gasteiger partial charge >= 0.3 is 0 Å². The maximum Gasteiger partial charge on any atom is 0.158 e. The quantitative estimate of drug-likeness (QED) is 0.855. The topological polar surface area (TPSA) is 54.2 Å². The molecule has 2 aromatic rings. The minimum Gasteiger partial charge on any atom is -0.394 e. The minimum absolute atomic E-state index is 0.0646. The van der Waals surface area contributed by atoms with Crippen molar-refractivity contribution in [3.8, 4) is 11.4 Å². The third kappa shape index (κ3) is 2.94. The lowest BCUT2D eigenvalue weighted by atomic mass is 10.1. The van der Waals surface area contributed by atoms with Gasteiger partial charge in [0.25, 0.3) is 0 Å². The molecule has 0 atom stereocenters. The molecule has 0 aliphatic heterocycles. The van der Waals surface area contributed by atoms with Crippen LogP contribution in [0.5, 0.6) is 0 Å². The Morgan fingerprint density at radius 3 is 2.56 bits per heavy atom. The third-order valence-electron chi connectivity index (χ3n) is 2.64. The molecule has 5 nitrogen and oxygen atoms in total. The van der Waals surface area contributed by atoms with Crippen LogP contribution in [0, 0.1) is 0 Å². The molecule has 1 aromatic carbocycles. The van der Waals surface area contributed by atoms with Gasteiger partial charge in [-0.25, -0.2) is 9.67 Å². The number of benzene rings is 1. The van der Waals surface area contributed by atoms with Crippen LogP contribution in [0.1, 0.15) is 5.56 Å². The van der Waals surface area contributed by atoms with E-state index in [2.05, 4.69) is 27.1 Å². The van der Waals surface area contributed by atoms with Crippen LogP contribution >= 0.6 is 0 Å². The van der Waals surface area contributed by atoms with Gasteiger partial charge in [-0.3, -0.25) is 0 Å². The Labute approximate surface area is 107 Å². The number of aliphatic hydroxyl groups is 1. The molecule has 0 radical (unpaired) electrons. The SMILES string of the molecule is CN(C)Cc1ccc(-c2ncnn2CCO)cc1. The first-order valence-electron chi connectivity index (χ1n) is 5.93. The summed E-state index contributed by atoms with van der Waals surface area (Å²) in [6.45, 7) is 1.45. The van der Waals surface area contributed by atoms with Crippen molar-refractivity contribution in [2.24, 2.45) is 0 Å². The summed E-state index contributed by atoms with van der Waals surface area (Å²) in [6.07, 6.45) is 1.51. The zero-order valence-electron chi connectivity index (χ0n) is 10.7. The smallest absolute Gasteiger partial charge is 0.158 e. The van der Waals surface area contributed by atoms with Gasteiger partial charge in [0.1, 0.15) is 6.33 Å². The van der Waals surface area contributed by atoms with Crippen molar-refractivity contribution in [3.05, 3.63) is 36.2 Å². The van der Waals surface area contributed by atoms with Gasteiger partial charge in [-0.1, -0.05) is 24.3 Å². The Bertz CT molecular complexity index is 490. The van der Waals surface area contributed by atoms with E-state index >= 15 is 0 Å². The predicted octanol–water partition coefficient (Wildman–Crippen LogP) is 0.999. The van der Waals surface area contributed by atoms with E-state index in [1.165, 1.54) is 11.9 Å². The van der Waals surface area contributed by atoms with E-state index in [4.69, 9.17) is 5.11 Å². The summed E-state index contributed by atoms with van der Waals surface area (Å²) >= 11 is 0. The maximum atomic E-state index is 8.96. The number of aromatic nitrogens is 3. The molecule has 0 unspecified atom stereocenters. The van der Waals surface area contributed by atoms with E-state index in [1.54, 1.807) is 4.68 Å². The number of rotatable bonds is 5. The first-order chi connectivity index (χ1) is 8.70. The Balaban J connectivity index is 2.20. The minimum atomic E-state index is 0.0646. The molecule has 0 amide bonds. The maximum absolute atomic E-state index is 8.96. The van der Waals surface area contributed by atoms with Gasteiger partial charge in [-0.05, 0) is 19.7 Å². The molecule has 0 aliphatic rings. The second-order valence-corrected chi connectivity index (χ2v) is 4.47. The Morgan fingerprint density at radius 1 is 1.22 bits per heavy atom. The first kappa shape index (κ1) is 12.7. The normalized spacial score (nSPS) is 11.1. The highest BCUT2D eigenvalue weighted by Gasteiger charge is 2.06. The highest BCUT2D eigenvalue weighted by atomic mass is 16.3. The fourth-order valence-electron chi connectivity index (χ4n) is 1.87. The van der Waals surface area contributed by atoms with Crippen molar-refractivity contribution in [1.29, 1.82) is 0 Å². The van der Waals surface area contributed by atoms with Crippen molar-refractivity contribution in [1.82, 2.24) is 19.7 Å². The molecule has 5 heteroatoms. The standard InChI is InChI=1S/C13H18N4O/c1-16(2)9-11-3-5-12(6-4-11)13-14-10-15-17(13)7-8-18/h3-6,10,18H,7-9H2,1-2H3. The molecule has 0 aliphatic carbocycles. The van der Waals surface area contributed by atoms with Crippen LogP contribution in [0.25, 0.3) is 11.4 Å². The summed E-state index contributed by atoms with van der Waals surface area (Å²) in [5.41, 5.74) is 2.28. The second-order valence-electron chi connectivity index (χ2n) is 4.47. The van der Waals surface area contributed by atoms with Crippen LogP contribution in [0.4, 0.5) is 0 Å². The van der Waals surface area contributed by atoms with E-state index in [9.17, 15) is 0 Å². The van der Waals surface area contributed by atoms with Crippen molar-refractivity contribution in [2.75, 3.05) is 20.7 Å². The van der Waals surface area contributed by atoms with Gasteiger partial charge in [0.05, 0.1) is 13.2 Å². The number of hydrogen-bond acceptors (Lipinski definition) is 4. The van der Waals surface area contributed by atoms with Crippen molar-refractivity contribution in [2.45, 2.75) is 13.1 Å². The molecule has 1 N–H and O–H groups in total. The fourth-order valence-corrected chi connectivity index (χ4v) is 1.87. The zero-order valence-corrected chi connectivity index (χ0v) is 10.7. The summed E-state index contributed by atoms with van der Waals surface area (Å²) in [5, 5.41) is 13.0. The molecule has 0 saturated heterocycles. The molecule has 96 valence electrons. The Morgan fingerprint density at radius 2 is 1.94 bits per heavy atom. The average Bonchev–Trinajstić information content (AvgIpc) is 2.78. The summed E-state index contributed by atoms with van der Waals surface area (Å²) in [5.74, 6) is 0.792. The number of hydrogen-bond donors (Lipinski definition) is 1. The van der Waals surface area contributed by atoms with Crippen LogP contribution in [-0.2, 0) is 13.1 Å². The van der Waals surface area contributed by atoms with E-state index in [0.717, 1.165) is 17.9 Å². The molecule has 1 aromatic heterocycles.